The molecular formula is C11H15NO3. The Morgan fingerprint density at radius 1 is 1.33 bits per heavy atom. The second-order valence-electron chi connectivity index (χ2n) is 3.01. The molecule has 1 aromatic carbocycles. The van der Waals surface area contributed by atoms with Crippen molar-refractivity contribution in [1.82, 2.24) is 5.32 Å². The van der Waals surface area contributed by atoms with Crippen LogP contribution in [0.5, 0.6) is 0 Å². The molecule has 0 spiro atoms. The monoisotopic (exact) mass is 209 g/mol. The Labute approximate surface area is 89.2 Å². The predicted octanol–water partition coefficient (Wildman–Crippen LogP) is 0.922. The fourth-order valence-corrected chi connectivity index (χ4v) is 1.18. The van der Waals surface area contributed by atoms with Gasteiger partial charge in [-0.05, 0) is 5.56 Å². The van der Waals surface area contributed by atoms with E-state index < -0.39 is 12.2 Å². The summed E-state index contributed by atoms with van der Waals surface area (Å²) in [6, 6.07) is 9.76. The highest BCUT2D eigenvalue weighted by molar-refractivity contribution is 5.73. The van der Waals surface area contributed by atoms with Gasteiger partial charge in [-0.25, -0.2) is 4.79 Å². The van der Waals surface area contributed by atoms with Gasteiger partial charge >= 0.3 is 5.97 Å². The molecule has 1 rings (SSSR count). The van der Waals surface area contributed by atoms with Crippen LogP contribution in [0.4, 0.5) is 0 Å². The van der Waals surface area contributed by atoms with Crippen molar-refractivity contribution in [3.05, 3.63) is 35.9 Å². The zero-order valence-electron chi connectivity index (χ0n) is 8.90. The fourth-order valence-electron chi connectivity index (χ4n) is 1.18. The Kier molecular flexibility index (Phi) is 4.80. The van der Waals surface area contributed by atoms with Crippen LogP contribution in [0, 0.1) is 0 Å². The topological polar surface area (TPSA) is 47.6 Å². The Bertz CT molecular complexity index is 300. The average Bonchev–Trinajstić information content (AvgIpc) is 2.31. The van der Waals surface area contributed by atoms with Gasteiger partial charge in [0.25, 0.3) is 0 Å². The van der Waals surface area contributed by atoms with Crippen LogP contribution in [0.15, 0.2) is 30.3 Å². The number of carbonyl (C=O) groups excluding carboxylic acids is 1. The largest absolute Gasteiger partial charge is 0.466 e. The van der Waals surface area contributed by atoms with Crippen LogP contribution >= 0.6 is 0 Å². The molecular weight excluding hydrogens is 194 g/mol. The van der Waals surface area contributed by atoms with Crippen molar-refractivity contribution in [3.8, 4) is 0 Å². The highest BCUT2D eigenvalue weighted by Gasteiger charge is 2.16. The van der Waals surface area contributed by atoms with E-state index in [1.165, 1.54) is 14.2 Å². The van der Waals surface area contributed by atoms with Crippen LogP contribution in [0.25, 0.3) is 0 Å². The smallest absolute Gasteiger partial charge is 0.350 e. The zero-order chi connectivity index (χ0) is 11.1. The van der Waals surface area contributed by atoms with E-state index in [4.69, 9.17) is 4.74 Å². The van der Waals surface area contributed by atoms with Gasteiger partial charge in [0.2, 0.25) is 6.23 Å². The van der Waals surface area contributed by atoms with E-state index in [0.29, 0.717) is 6.54 Å². The van der Waals surface area contributed by atoms with E-state index in [9.17, 15) is 4.79 Å². The van der Waals surface area contributed by atoms with Gasteiger partial charge in [0.15, 0.2) is 0 Å². The minimum Gasteiger partial charge on any atom is -0.466 e. The lowest BCUT2D eigenvalue weighted by molar-refractivity contribution is -0.154. The molecule has 0 aromatic heterocycles. The van der Waals surface area contributed by atoms with Gasteiger partial charge < -0.3 is 9.47 Å². The highest BCUT2D eigenvalue weighted by atomic mass is 16.6. The molecule has 1 aromatic rings. The number of benzene rings is 1. The number of carbonyl (C=O) groups is 1. The van der Waals surface area contributed by atoms with E-state index in [0.717, 1.165) is 5.56 Å². The number of hydrogen-bond donors (Lipinski definition) is 1. The van der Waals surface area contributed by atoms with Gasteiger partial charge in [-0.15, -0.1) is 0 Å². The number of methoxy groups -OCH3 is 2. The van der Waals surface area contributed by atoms with Crippen LogP contribution in [0.3, 0.4) is 0 Å². The van der Waals surface area contributed by atoms with Gasteiger partial charge in [0, 0.05) is 13.7 Å². The van der Waals surface area contributed by atoms with Crippen molar-refractivity contribution in [1.29, 1.82) is 0 Å². The fraction of sp³-hybridized carbons (Fsp3) is 0.364. The van der Waals surface area contributed by atoms with Crippen LogP contribution in [0.2, 0.25) is 0 Å². The standard InChI is InChI=1S/C11H15NO3/c1-14-10(11(13)15-2)12-8-9-6-4-3-5-7-9/h3-7,10,12H,8H2,1-2H3. The van der Waals surface area contributed by atoms with E-state index in [1.54, 1.807) is 0 Å². The number of nitrogens with one attached hydrogen (secondary N) is 1. The molecule has 0 saturated heterocycles. The molecule has 4 nitrogen and oxygen atoms in total. The van der Waals surface area contributed by atoms with Crippen LogP contribution in [0.1, 0.15) is 5.56 Å². The Balaban J connectivity index is 2.44. The summed E-state index contributed by atoms with van der Waals surface area (Å²) in [6.07, 6.45) is -0.713. The first-order valence-corrected chi connectivity index (χ1v) is 4.66. The minimum absolute atomic E-state index is 0.423. The summed E-state index contributed by atoms with van der Waals surface area (Å²) in [6.45, 7) is 0.564. The summed E-state index contributed by atoms with van der Waals surface area (Å²) in [5.41, 5.74) is 1.09. The van der Waals surface area contributed by atoms with Crippen molar-refractivity contribution in [2.75, 3.05) is 14.2 Å². The maximum absolute atomic E-state index is 11.2. The molecule has 0 aliphatic carbocycles. The third-order valence-electron chi connectivity index (χ3n) is 1.99. The Morgan fingerprint density at radius 3 is 2.53 bits per heavy atom. The maximum atomic E-state index is 11.2. The normalized spacial score (nSPS) is 12.1. The maximum Gasteiger partial charge on any atom is 0.350 e. The molecule has 0 aliphatic rings. The summed E-state index contributed by atoms with van der Waals surface area (Å²) in [5, 5.41) is 2.94. The Morgan fingerprint density at radius 2 is 2.00 bits per heavy atom. The van der Waals surface area contributed by atoms with Gasteiger partial charge in [0.1, 0.15) is 0 Å². The molecule has 1 atom stereocenters. The summed E-state index contributed by atoms with van der Waals surface area (Å²) >= 11 is 0. The lowest BCUT2D eigenvalue weighted by atomic mass is 10.2. The van der Waals surface area contributed by atoms with Crippen molar-refractivity contribution < 1.29 is 14.3 Å². The summed E-state index contributed by atoms with van der Waals surface area (Å²) in [5.74, 6) is -0.423. The van der Waals surface area contributed by atoms with Crippen molar-refractivity contribution >= 4 is 5.97 Å². The van der Waals surface area contributed by atoms with Crippen molar-refractivity contribution in [2.24, 2.45) is 0 Å². The summed E-state index contributed by atoms with van der Waals surface area (Å²) < 4.78 is 9.50. The highest BCUT2D eigenvalue weighted by Crippen LogP contribution is 1.99. The minimum atomic E-state index is -0.713. The third kappa shape index (κ3) is 3.69. The first kappa shape index (κ1) is 11.7. The predicted molar refractivity (Wildman–Crippen MR) is 56.1 cm³/mol. The molecule has 15 heavy (non-hydrogen) atoms. The van der Waals surface area contributed by atoms with Crippen LogP contribution in [-0.2, 0) is 20.8 Å². The van der Waals surface area contributed by atoms with Gasteiger partial charge in [-0.1, -0.05) is 30.3 Å². The molecule has 0 radical (unpaired) electrons. The van der Waals surface area contributed by atoms with Crippen LogP contribution in [-0.4, -0.2) is 26.4 Å². The zero-order valence-corrected chi connectivity index (χ0v) is 8.90. The SMILES string of the molecule is COC(=O)C(NCc1ccccc1)OC. The lowest BCUT2D eigenvalue weighted by Gasteiger charge is -2.14. The number of esters is 1. The van der Waals surface area contributed by atoms with Gasteiger partial charge in [-0.3, -0.25) is 5.32 Å². The average molecular weight is 209 g/mol. The van der Waals surface area contributed by atoms with E-state index in [1.807, 2.05) is 30.3 Å². The molecule has 0 saturated carbocycles. The molecule has 0 bridgehead atoms. The number of rotatable bonds is 5. The van der Waals surface area contributed by atoms with E-state index in [-0.39, 0.29) is 0 Å². The summed E-state index contributed by atoms with van der Waals surface area (Å²) in [4.78, 5) is 11.2. The first-order chi connectivity index (χ1) is 7.27. The molecule has 82 valence electrons. The van der Waals surface area contributed by atoms with Crippen molar-refractivity contribution in [2.45, 2.75) is 12.8 Å². The van der Waals surface area contributed by atoms with Crippen molar-refractivity contribution in [3.63, 3.8) is 0 Å². The molecule has 0 fully saturated rings. The number of hydrogen-bond acceptors (Lipinski definition) is 4. The van der Waals surface area contributed by atoms with Gasteiger partial charge in [0.05, 0.1) is 7.11 Å². The lowest BCUT2D eigenvalue weighted by Crippen LogP contribution is -2.38. The quantitative estimate of drug-likeness (QED) is 0.578. The van der Waals surface area contributed by atoms with E-state index >= 15 is 0 Å². The van der Waals surface area contributed by atoms with E-state index in [2.05, 4.69) is 10.1 Å². The molecule has 0 aliphatic heterocycles. The Hall–Kier alpha value is -1.39. The second kappa shape index (κ2) is 6.16. The molecule has 1 unspecified atom stereocenters. The van der Waals surface area contributed by atoms with Gasteiger partial charge in [-0.2, -0.15) is 0 Å². The molecule has 4 heteroatoms. The molecule has 1 N–H and O–H groups in total. The molecule has 0 amide bonds. The first-order valence-electron chi connectivity index (χ1n) is 4.66. The number of ether oxygens (including phenoxy) is 2. The summed E-state index contributed by atoms with van der Waals surface area (Å²) in [7, 11) is 2.79. The second-order valence-corrected chi connectivity index (χ2v) is 3.01. The van der Waals surface area contributed by atoms with Crippen LogP contribution < -0.4 is 5.32 Å². The molecule has 0 heterocycles. The third-order valence-corrected chi connectivity index (χ3v) is 1.99.